The van der Waals surface area contributed by atoms with Crippen molar-refractivity contribution in [2.45, 2.75) is 19.4 Å². The summed E-state index contributed by atoms with van der Waals surface area (Å²) in [6.07, 6.45) is 4.44. The number of methoxy groups -OCH3 is 1. The van der Waals surface area contributed by atoms with E-state index in [2.05, 4.69) is 34.6 Å². The Morgan fingerprint density at radius 3 is 2.84 bits per heavy atom. The van der Waals surface area contributed by atoms with E-state index in [1.165, 1.54) is 5.56 Å². The number of rotatable bonds is 6. The van der Waals surface area contributed by atoms with Gasteiger partial charge in [0, 0.05) is 12.2 Å². The first-order valence-electron chi connectivity index (χ1n) is 6.46. The molecule has 0 aliphatic heterocycles. The van der Waals surface area contributed by atoms with Crippen molar-refractivity contribution < 1.29 is 4.74 Å². The van der Waals surface area contributed by atoms with Crippen LogP contribution in [0.25, 0.3) is 0 Å². The van der Waals surface area contributed by atoms with Gasteiger partial charge in [0.05, 0.1) is 13.3 Å². The lowest BCUT2D eigenvalue weighted by molar-refractivity contribution is 0.414. The maximum Gasteiger partial charge on any atom is 0.119 e. The minimum atomic E-state index is 0.243. The van der Waals surface area contributed by atoms with E-state index in [9.17, 15) is 0 Å². The third-order valence-corrected chi connectivity index (χ3v) is 3.03. The topological polar surface area (TPSA) is 47.0 Å². The lowest BCUT2D eigenvalue weighted by atomic mass is 10.0. The Morgan fingerprint density at radius 2 is 2.16 bits per heavy atom. The van der Waals surface area contributed by atoms with E-state index in [4.69, 9.17) is 4.74 Å². The summed E-state index contributed by atoms with van der Waals surface area (Å²) in [6.45, 7) is 3.02. The van der Waals surface area contributed by atoms with Crippen LogP contribution in [0, 0.1) is 0 Å². The zero-order valence-corrected chi connectivity index (χ0v) is 11.3. The lowest BCUT2D eigenvalue weighted by Crippen LogP contribution is -2.23. The number of benzene rings is 1. The Kier molecular flexibility index (Phi) is 4.86. The maximum atomic E-state index is 5.26. The Bertz CT molecular complexity index is 502. The van der Waals surface area contributed by atoms with Crippen molar-refractivity contribution >= 4 is 0 Å². The van der Waals surface area contributed by atoms with Crippen molar-refractivity contribution in [3.05, 3.63) is 53.9 Å². The van der Waals surface area contributed by atoms with Crippen molar-refractivity contribution in [3.63, 3.8) is 0 Å². The van der Waals surface area contributed by atoms with Gasteiger partial charge in [-0.15, -0.1) is 0 Å². The van der Waals surface area contributed by atoms with Gasteiger partial charge in [-0.2, -0.15) is 10.2 Å². The van der Waals surface area contributed by atoms with Crippen molar-refractivity contribution in [1.29, 1.82) is 0 Å². The second-order valence-corrected chi connectivity index (χ2v) is 4.34. The fourth-order valence-electron chi connectivity index (χ4n) is 2.10. The molecule has 0 fully saturated rings. The van der Waals surface area contributed by atoms with E-state index in [-0.39, 0.29) is 6.04 Å². The quantitative estimate of drug-likeness (QED) is 0.863. The summed E-state index contributed by atoms with van der Waals surface area (Å²) in [6, 6.07) is 10.4. The van der Waals surface area contributed by atoms with Crippen molar-refractivity contribution in [1.82, 2.24) is 15.5 Å². The zero-order chi connectivity index (χ0) is 13.5. The number of likely N-dealkylation sites (N-methyl/N-ethyl adjacent to an activating group) is 1. The van der Waals surface area contributed by atoms with Crippen LogP contribution in [0.1, 0.15) is 24.1 Å². The molecule has 0 aliphatic carbocycles. The van der Waals surface area contributed by atoms with Crippen molar-refractivity contribution in [2.75, 3.05) is 13.7 Å². The van der Waals surface area contributed by atoms with Crippen LogP contribution in [0.2, 0.25) is 0 Å². The first kappa shape index (κ1) is 13.5. The molecule has 1 unspecified atom stereocenters. The Labute approximate surface area is 113 Å². The van der Waals surface area contributed by atoms with Crippen LogP contribution in [0.15, 0.2) is 42.7 Å². The summed E-state index contributed by atoms with van der Waals surface area (Å²) in [7, 11) is 1.69. The third-order valence-electron chi connectivity index (χ3n) is 3.03. The SMILES string of the molecule is CCNC(Cc1cccc(OC)c1)c1ccnnc1. The van der Waals surface area contributed by atoms with E-state index in [0.29, 0.717) is 0 Å². The molecular weight excluding hydrogens is 238 g/mol. The number of nitrogens with one attached hydrogen (secondary N) is 1. The molecule has 1 heterocycles. The minimum absolute atomic E-state index is 0.243. The molecule has 19 heavy (non-hydrogen) atoms. The van der Waals surface area contributed by atoms with Gasteiger partial charge < -0.3 is 10.1 Å². The highest BCUT2D eigenvalue weighted by atomic mass is 16.5. The molecule has 0 radical (unpaired) electrons. The molecule has 0 spiro atoms. The standard InChI is InChI=1S/C15H19N3O/c1-3-16-15(13-7-8-17-18-11-13)10-12-5-4-6-14(9-12)19-2/h4-9,11,15-16H,3,10H2,1-2H3. The normalized spacial score (nSPS) is 12.1. The summed E-state index contributed by atoms with van der Waals surface area (Å²) in [5, 5.41) is 11.2. The van der Waals surface area contributed by atoms with Gasteiger partial charge in [-0.05, 0) is 42.3 Å². The van der Waals surface area contributed by atoms with Gasteiger partial charge in [0.1, 0.15) is 5.75 Å². The summed E-state index contributed by atoms with van der Waals surface area (Å²) >= 11 is 0. The predicted octanol–water partition coefficient (Wildman–Crippen LogP) is 2.38. The molecule has 0 aliphatic rings. The summed E-state index contributed by atoms with van der Waals surface area (Å²) in [5.41, 5.74) is 2.39. The largest absolute Gasteiger partial charge is 0.497 e. The van der Waals surface area contributed by atoms with Gasteiger partial charge in [0.2, 0.25) is 0 Å². The molecule has 1 atom stereocenters. The molecule has 1 aromatic carbocycles. The lowest BCUT2D eigenvalue weighted by Gasteiger charge is -2.18. The van der Waals surface area contributed by atoms with Gasteiger partial charge in [0.25, 0.3) is 0 Å². The molecule has 4 heteroatoms. The maximum absolute atomic E-state index is 5.26. The smallest absolute Gasteiger partial charge is 0.119 e. The highest BCUT2D eigenvalue weighted by Gasteiger charge is 2.11. The number of aromatic nitrogens is 2. The van der Waals surface area contributed by atoms with Crippen molar-refractivity contribution in [3.8, 4) is 5.75 Å². The number of hydrogen-bond donors (Lipinski definition) is 1. The average molecular weight is 257 g/mol. The van der Waals surface area contributed by atoms with Gasteiger partial charge in [-0.25, -0.2) is 0 Å². The van der Waals surface area contributed by atoms with Crippen LogP contribution in [0.5, 0.6) is 5.75 Å². The number of hydrogen-bond acceptors (Lipinski definition) is 4. The van der Waals surface area contributed by atoms with Gasteiger partial charge in [0.15, 0.2) is 0 Å². The zero-order valence-electron chi connectivity index (χ0n) is 11.3. The molecule has 0 amide bonds. The van der Waals surface area contributed by atoms with Crippen LogP contribution in [-0.2, 0) is 6.42 Å². The van der Waals surface area contributed by atoms with Gasteiger partial charge >= 0.3 is 0 Å². The number of ether oxygens (including phenoxy) is 1. The molecule has 0 saturated carbocycles. The molecule has 0 bridgehead atoms. The highest BCUT2D eigenvalue weighted by Crippen LogP contribution is 2.20. The molecule has 2 rings (SSSR count). The first-order valence-corrected chi connectivity index (χ1v) is 6.46. The summed E-state index contributed by atoms with van der Waals surface area (Å²) in [4.78, 5) is 0. The third kappa shape index (κ3) is 3.76. The summed E-state index contributed by atoms with van der Waals surface area (Å²) in [5.74, 6) is 0.889. The van der Waals surface area contributed by atoms with E-state index >= 15 is 0 Å². The molecule has 0 saturated heterocycles. The highest BCUT2D eigenvalue weighted by molar-refractivity contribution is 5.30. The van der Waals surface area contributed by atoms with Gasteiger partial charge in [-0.1, -0.05) is 19.1 Å². The first-order chi connectivity index (χ1) is 9.33. The van der Waals surface area contributed by atoms with E-state index in [1.54, 1.807) is 13.3 Å². The Hall–Kier alpha value is -1.94. The molecule has 1 aromatic heterocycles. The molecule has 4 nitrogen and oxygen atoms in total. The van der Waals surface area contributed by atoms with Crippen LogP contribution in [0.3, 0.4) is 0 Å². The second kappa shape index (κ2) is 6.85. The van der Waals surface area contributed by atoms with E-state index in [1.807, 2.05) is 24.4 Å². The average Bonchev–Trinajstić information content (AvgIpc) is 2.48. The predicted molar refractivity (Wildman–Crippen MR) is 75.1 cm³/mol. The molecule has 1 N–H and O–H groups in total. The van der Waals surface area contributed by atoms with Crippen LogP contribution in [0.4, 0.5) is 0 Å². The summed E-state index contributed by atoms with van der Waals surface area (Å²) < 4.78 is 5.26. The van der Waals surface area contributed by atoms with Crippen molar-refractivity contribution in [2.24, 2.45) is 0 Å². The van der Waals surface area contributed by atoms with Crippen LogP contribution in [-0.4, -0.2) is 23.9 Å². The molecule has 100 valence electrons. The minimum Gasteiger partial charge on any atom is -0.497 e. The van der Waals surface area contributed by atoms with Crippen LogP contribution >= 0.6 is 0 Å². The Morgan fingerprint density at radius 1 is 1.26 bits per heavy atom. The van der Waals surface area contributed by atoms with E-state index < -0.39 is 0 Å². The van der Waals surface area contributed by atoms with E-state index in [0.717, 1.165) is 24.3 Å². The monoisotopic (exact) mass is 257 g/mol. The second-order valence-electron chi connectivity index (χ2n) is 4.34. The Balaban J connectivity index is 2.16. The fourth-order valence-corrected chi connectivity index (χ4v) is 2.10. The van der Waals surface area contributed by atoms with Gasteiger partial charge in [-0.3, -0.25) is 0 Å². The molecular formula is C15H19N3O. The van der Waals surface area contributed by atoms with Crippen LogP contribution < -0.4 is 10.1 Å². The molecule has 2 aromatic rings. The number of nitrogens with zero attached hydrogens (tertiary/aromatic N) is 2. The fraction of sp³-hybridized carbons (Fsp3) is 0.333.